The Balaban J connectivity index is 1.55. The molecule has 0 unspecified atom stereocenters. The van der Waals surface area contributed by atoms with E-state index >= 15 is 0 Å². The van der Waals surface area contributed by atoms with Crippen LogP contribution < -0.4 is 10.2 Å². The van der Waals surface area contributed by atoms with Crippen molar-refractivity contribution in [1.82, 2.24) is 15.3 Å². The first-order valence-corrected chi connectivity index (χ1v) is 9.11. The van der Waals surface area contributed by atoms with E-state index in [1.165, 1.54) is 5.69 Å². The Kier molecular flexibility index (Phi) is 5.38. The van der Waals surface area contributed by atoms with Gasteiger partial charge in [-0.15, -0.1) is 0 Å². The second kappa shape index (κ2) is 7.51. The van der Waals surface area contributed by atoms with Crippen LogP contribution in [-0.2, 0) is 4.74 Å². The van der Waals surface area contributed by atoms with Gasteiger partial charge in [-0.05, 0) is 37.6 Å². The molecule has 2 aromatic rings. The highest BCUT2D eigenvalue weighted by Crippen LogP contribution is 2.26. The third-order valence-electron chi connectivity index (χ3n) is 3.93. The van der Waals surface area contributed by atoms with Crippen molar-refractivity contribution in [1.29, 1.82) is 0 Å². The number of aromatic nitrogens is 2. The molecule has 24 heavy (non-hydrogen) atoms. The molecular weight excluding hydrogens is 320 g/mol. The highest BCUT2D eigenvalue weighted by molar-refractivity contribution is 7.99. The molecule has 6 heteroatoms. The number of aryl methyl sites for hydroxylation is 2. The van der Waals surface area contributed by atoms with E-state index in [0.29, 0.717) is 0 Å². The summed E-state index contributed by atoms with van der Waals surface area (Å²) in [5, 5.41) is 4.27. The first-order chi connectivity index (χ1) is 11.5. The topological polar surface area (TPSA) is 50.3 Å². The summed E-state index contributed by atoms with van der Waals surface area (Å²) < 4.78 is 6.13. The number of anilines is 1. The van der Waals surface area contributed by atoms with Gasteiger partial charge in [0.1, 0.15) is 6.23 Å². The van der Waals surface area contributed by atoms with Gasteiger partial charge in [-0.25, -0.2) is 9.97 Å². The van der Waals surface area contributed by atoms with Crippen molar-refractivity contribution in [3.05, 3.63) is 47.3 Å². The van der Waals surface area contributed by atoms with E-state index in [2.05, 4.69) is 44.5 Å². The molecule has 2 atom stereocenters. The van der Waals surface area contributed by atoms with Crippen LogP contribution in [0.2, 0.25) is 0 Å². The maximum absolute atomic E-state index is 6.13. The number of thioether (sulfide) groups is 1. The summed E-state index contributed by atoms with van der Waals surface area (Å²) in [6.07, 6.45) is 0.130. The summed E-state index contributed by atoms with van der Waals surface area (Å²) in [4.78, 5) is 11.0. The summed E-state index contributed by atoms with van der Waals surface area (Å²) in [7, 11) is 4.09. The third kappa shape index (κ3) is 4.26. The van der Waals surface area contributed by atoms with Crippen molar-refractivity contribution in [2.75, 3.05) is 31.3 Å². The van der Waals surface area contributed by atoms with E-state index in [0.717, 1.165) is 34.4 Å². The van der Waals surface area contributed by atoms with Crippen molar-refractivity contribution in [2.45, 2.75) is 31.3 Å². The SMILES string of the molecule is Cc1cc(C)nc(SC[C@H]2CN[C@H](c3ccc(N(C)C)cc3)O2)n1. The van der Waals surface area contributed by atoms with Crippen LogP contribution in [0.1, 0.15) is 23.2 Å². The van der Waals surface area contributed by atoms with Crippen LogP contribution in [-0.4, -0.2) is 42.5 Å². The van der Waals surface area contributed by atoms with Gasteiger partial charge < -0.3 is 9.64 Å². The molecule has 1 aliphatic heterocycles. The van der Waals surface area contributed by atoms with Crippen molar-refractivity contribution >= 4 is 17.4 Å². The first-order valence-electron chi connectivity index (χ1n) is 8.12. The van der Waals surface area contributed by atoms with Gasteiger partial charge in [-0.3, -0.25) is 5.32 Å². The van der Waals surface area contributed by atoms with E-state index in [1.807, 2.05) is 34.0 Å². The van der Waals surface area contributed by atoms with E-state index in [4.69, 9.17) is 4.74 Å². The van der Waals surface area contributed by atoms with Gasteiger partial charge in [0.25, 0.3) is 0 Å². The number of nitrogens with zero attached hydrogens (tertiary/aromatic N) is 3. The van der Waals surface area contributed by atoms with Gasteiger partial charge >= 0.3 is 0 Å². The molecule has 1 saturated heterocycles. The van der Waals surface area contributed by atoms with Gasteiger partial charge in [-0.2, -0.15) is 0 Å². The van der Waals surface area contributed by atoms with Gasteiger partial charge in [0.15, 0.2) is 5.16 Å². The minimum Gasteiger partial charge on any atom is -0.378 e. The summed E-state index contributed by atoms with van der Waals surface area (Å²) in [6, 6.07) is 10.5. The van der Waals surface area contributed by atoms with Crippen molar-refractivity contribution in [3.8, 4) is 0 Å². The minimum atomic E-state index is -0.0352. The van der Waals surface area contributed by atoms with Gasteiger partial charge in [0.2, 0.25) is 0 Å². The molecular formula is C18H24N4OS. The summed E-state index contributed by atoms with van der Waals surface area (Å²) in [5.41, 5.74) is 4.37. The lowest BCUT2D eigenvalue weighted by molar-refractivity contribution is 0.0534. The maximum Gasteiger partial charge on any atom is 0.188 e. The summed E-state index contributed by atoms with van der Waals surface area (Å²) in [6.45, 7) is 4.84. The van der Waals surface area contributed by atoms with E-state index in [-0.39, 0.29) is 12.3 Å². The van der Waals surface area contributed by atoms with Gasteiger partial charge in [0.05, 0.1) is 6.10 Å². The van der Waals surface area contributed by atoms with E-state index in [1.54, 1.807) is 11.8 Å². The zero-order valence-electron chi connectivity index (χ0n) is 14.6. The molecule has 5 nitrogen and oxygen atoms in total. The largest absolute Gasteiger partial charge is 0.378 e. The first kappa shape index (κ1) is 17.2. The molecule has 1 aliphatic rings. The zero-order chi connectivity index (χ0) is 17.1. The van der Waals surface area contributed by atoms with Crippen molar-refractivity contribution in [2.24, 2.45) is 0 Å². The molecule has 0 spiro atoms. The van der Waals surface area contributed by atoms with E-state index in [9.17, 15) is 0 Å². The van der Waals surface area contributed by atoms with Crippen LogP contribution in [0, 0.1) is 13.8 Å². The fourth-order valence-electron chi connectivity index (χ4n) is 2.69. The molecule has 0 radical (unpaired) electrons. The lowest BCUT2D eigenvalue weighted by Gasteiger charge is -2.16. The molecule has 0 bridgehead atoms. The number of hydrogen-bond acceptors (Lipinski definition) is 6. The van der Waals surface area contributed by atoms with Gasteiger partial charge in [0, 0.05) is 43.5 Å². The lowest BCUT2D eigenvalue weighted by atomic mass is 10.2. The van der Waals surface area contributed by atoms with E-state index < -0.39 is 0 Å². The smallest absolute Gasteiger partial charge is 0.188 e. The Morgan fingerprint density at radius 2 is 1.83 bits per heavy atom. The lowest BCUT2D eigenvalue weighted by Crippen LogP contribution is -2.17. The van der Waals surface area contributed by atoms with Crippen LogP contribution in [0.3, 0.4) is 0 Å². The molecule has 0 saturated carbocycles. The fourth-order valence-corrected chi connectivity index (χ4v) is 3.64. The number of nitrogens with one attached hydrogen (secondary N) is 1. The predicted octanol–water partition coefficient (Wildman–Crippen LogP) is 2.94. The summed E-state index contributed by atoms with van der Waals surface area (Å²) >= 11 is 1.66. The standard InChI is InChI=1S/C18H24N4OS/c1-12-9-13(2)21-18(20-12)24-11-16-10-19-17(23-16)14-5-7-15(8-6-14)22(3)4/h5-9,16-17,19H,10-11H2,1-4H3/t16-,17+/m1/s1. The fraction of sp³-hybridized carbons (Fsp3) is 0.444. The van der Waals surface area contributed by atoms with Crippen LogP contribution in [0.4, 0.5) is 5.69 Å². The molecule has 2 heterocycles. The number of rotatable bonds is 5. The Labute approximate surface area is 147 Å². The number of benzene rings is 1. The highest BCUT2D eigenvalue weighted by Gasteiger charge is 2.26. The molecule has 0 aliphatic carbocycles. The van der Waals surface area contributed by atoms with Crippen molar-refractivity contribution in [3.63, 3.8) is 0 Å². The molecule has 128 valence electrons. The Morgan fingerprint density at radius 3 is 2.46 bits per heavy atom. The Bertz CT molecular complexity index is 670. The number of hydrogen-bond donors (Lipinski definition) is 1. The predicted molar refractivity (Wildman–Crippen MR) is 98.6 cm³/mol. The molecule has 1 fully saturated rings. The highest BCUT2D eigenvalue weighted by atomic mass is 32.2. The zero-order valence-corrected chi connectivity index (χ0v) is 15.4. The molecule has 1 aromatic heterocycles. The molecule has 0 amide bonds. The van der Waals surface area contributed by atoms with Crippen LogP contribution >= 0.6 is 11.8 Å². The third-order valence-corrected chi connectivity index (χ3v) is 4.91. The quantitative estimate of drug-likeness (QED) is 0.665. The maximum atomic E-state index is 6.13. The average molecular weight is 344 g/mol. The second-order valence-corrected chi connectivity index (χ2v) is 7.26. The van der Waals surface area contributed by atoms with Gasteiger partial charge in [-0.1, -0.05) is 23.9 Å². The normalized spacial score (nSPS) is 20.3. The Morgan fingerprint density at radius 1 is 1.17 bits per heavy atom. The average Bonchev–Trinajstić information content (AvgIpc) is 3.01. The van der Waals surface area contributed by atoms with Crippen LogP contribution in [0.25, 0.3) is 0 Å². The van der Waals surface area contributed by atoms with Crippen LogP contribution in [0.15, 0.2) is 35.5 Å². The number of ether oxygens (including phenoxy) is 1. The second-order valence-electron chi connectivity index (χ2n) is 6.28. The minimum absolute atomic E-state index is 0.0352. The monoisotopic (exact) mass is 344 g/mol. The molecule has 1 N–H and O–H groups in total. The summed E-state index contributed by atoms with van der Waals surface area (Å²) in [5.74, 6) is 0.849. The van der Waals surface area contributed by atoms with Crippen molar-refractivity contribution < 1.29 is 4.74 Å². The Hall–Kier alpha value is -1.63. The molecule has 1 aromatic carbocycles. The van der Waals surface area contributed by atoms with Crippen LogP contribution in [0.5, 0.6) is 0 Å². The molecule has 3 rings (SSSR count).